The topological polar surface area (TPSA) is 63.8 Å². The first kappa shape index (κ1) is 11.7. The van der Waals surface area contributed by atoms with Crippen LogP contribution in [0.2, 0.25) is 5.02 Å². The predicted octanol–water partition coefficient (Wildman–Crippen LogP) is 3.07. The third kappa shape index (κ3) is 2.85. The number of aromatic nitrogens is 2. The van der Waals surface area contributed by atoms with Crippen LogP contribution in [0.4, 0.5) is 17.2 Å². The molecule has 0 amide bonds. The minimum absolute atomic E-state index is 0.605. The van der Waals surface area contributed by atoms with Gasteiger partial charge in [-0.3, -0.25) is 0 Å². The number of halogens is 1. The monoisotopic (exact) mass is 248 g/mol. The van der Waals surface area contributed by atoms with Gasteiger partial charge in [0.1, 0.15) is 11.6 Å². The van der Waals surface area contributed by atoms with E-state index >= 15 is 0 Å². The van der Waals surface area contributed by atoms with Crippen LogP contribution in [0.25, 0.3) is 0 Å². The summed E-state index contributed by atoms with van der Waals surface area (Å²) in [7, 11) is 0. The Kier molecular flexibility index (Phi) is 3.15. The lowest BCUT2D eigenvalue weighted by atomic mass is 10.3. The maximum absolute atomic E-state index is 6.06. The molecule has 5 heteroatoms. The molecular formula is C12H13ClN4. The molecule has 1 aromatic carbocycles. The van der Waals surface area contributed by atoms with Crippen LogP contribution in [0.3, 0.4) is 0 Å². The molecule has 0 saturated heterocycles. The number of nitrogens with two attached hydrogens (primary N) is 1. The van der Waals surface area contributed by atoms with E-state index in [1.165, 1.54) is 0 Å². The average Bonchev–Trinajstić information content (AvgIpc) is 2.22. The summed E-state index contributed by atoms with van der Waals surface area (Å²) in [6.45, 7) is 3.76. The Morgan fingerprint density at radius 2 is 1.94 bits per heavy atom. The lowest BCUT2D eigenvalue weighted by Crippen LogP contribution is -1.99. The van der Waals surface area contributed by atoms with Crippen molar-refractivity contribution in [3.8, 4) is 0 Å². The number of aryl methyl sites for hydroxylation is 2. The van der Waals surface area contributed by atoms with Gasteiger partial charge in [0.2, 0.25) is 0 Å². The highest BCUT2D eigenvalue weighted by molar-refractivity contribution is 6.33. The van der Waals surface area contributed by atoms with Gasteiger partial charge >= 0.3 is 0 Å². The van der Waals surface area contributed by atoms with E-state index in [9.17, 15) is 0 Å². The van der Waals surface area contributed by atoms with Crippen LogP contribution in [-0.2, 0) is 0 Å². The zero-order chi connectivity index (χ0) is 12.4. The third-order valence-electron chi connectivity index (χ3n) is 2.22. The van der Waals surface area contributed by atoms with Crippen molar-refractivity contribution in [2.45, 2.75) is 13.8 Å². The lowest BCUT2D eigenvalue weighted by molar-refractivity contribution is 1.02. The van der Waals surface area contributed by atoms with E-state index in [1.54, 1.807) is 18.2 Å². The summed E-state index contributed by atoms with van der Waals surface area (Å²) in [5.41, 5.74) is 8.00. The molecule has 0 spiro atoms. The van der Waals surface area contributed by atoms with Gasteiger partial charge in [0, 0.05) is 17.4 Å². The fraction of sp³-hybridized carbons (Fsp3) is 0.167. The molecule has 0 atom stereocenters. The normalized spacial score (nSPS) is 10.3. The number of hydrogen-bond acceptors (Lipinski definition) is 4. The Bertz CT molecular complexity index is 534. The molecule has 0 bridgehead atoms. The smallest absolute Gasteiger partial charge is 0.134 e. The summed E-state index contributed by atoms with van der Waals surface area (Å²) < 4.78 is 0. The second kappa shape index (κ2) is 4.59. The lowest BCUT2D eigenvalue weighted by Gasteiger charge is -2.09. The SMILES string of the molecule is Cc1cc(Nc2cc(N)ccc2Cl)nc(C)n1. The number of benzene rings is 1. The summed E-state index contributed by atoms with van der Waals surface area (Å²) in [5, 5.41) is 3.74. The number of nitrogen functional groups attached to an aromatic ring is 1. The van der Waals surface area contributed by atoms with Crippen LogP contribution in [-0.4, -0.2) is 9.97 Å². The second-order valence-electron chi connectivity index (χ2n) is 3.81. The van der Waals surface area contributed by atoms with E-state index < -0.39 is 0 Å². The molecule has 1 aromatic heterocycles. The summed E-state index contributed by atoms with van der Waals surface area (Å²) in [5.74, 6) is 1.43. The first-order chi connectivity index (χ1) is 8.04. The molecule has 0 saturated carbocycles. The van der Waals surface area contributed by atoms with Crippen LogP contribution >= 0.6 is 11.6 Å². The Balaban J connectivity index is 2.34. The third-order valence-corrected chi connectivity index (χ3v) is 2.55. The zero-order valence-electron chi connectivity index (χ0n) is 9.66. The van der Waals surface area contributed by atoms with Gasteiger partial charge in [-0.1, -0.05) is 11.6 Å². The van der Waals surface area contributed by atoms with Gasteiger partial charge in [-0.25, -0.2) is 9.97 Å². The number of hydrogen-bond donors (Lipinski definition) is 2. The van der Waals surface area contributed by atoms with Crippen molar-refractivity contribution in [2.75, 3.05) is 11.1 Å². The van der Waals surface area contributed by atoms with Gasteiger partial charge in [0.25, 0.3) is 0 Å². The maximum Gasteiger partial charge on any atom is 0.134 e. The fourth-order valence-corrected chi connectivity index (χ4v) is 1.72. The first-order valence-electron chi connectivity index (χ1n) is 5.19. The van der Waals surface area contributed by atoms with Crippen molar-refractivity contribution < 1.29 is 0 Å². The van der Waals surface area contributed by atoms with Gasteiger partial charge in [-0.15, -0.1) is 0 Å². The van der Waals surface area contributed by atoms with E-state index in [-0.39, 0.29) is 0 Å². The van der Waals surface area contributed by atoms with E-state index in [0.29, 0.717) is 22.4 Å². The van der Waals surface area contributed by atoms with Crippen molar-refractivity contribution in [3.63, 3.8) is 0 Å². The minimum Gasteiger partial charge on any atom is -0.399 e. The predicted molar refractivity (Wildman–Crippen MR) is 70.7 cm³/mol. The first-order valence-corrected chi connectivity index (χ1v) is 5.57. The molecule has 0 aliphatic heterocycles. The standard InChI is InChI=1S/C12H13ClN4/c1-7-5-12(16-8(2)15-7)17-11-6-9(14)3-4-10(11)13/h3-6H,14H2,1-2H3,(H,15,16,17). The molecule has 0 aliphatic rings. The van der Waals surface area contributed by atoms with Crippen LogP contribution in [0.15, 0.2) is 24.3 Å². The van der Waals surface area contributed by atoms with Gasteiger partial charge in [-0.2, -0.15) is 0 Å². The van der Waals surface area contributed by atoms with E-state index in [2.05, 4.69) is 15.3 Å². The number of anilines is 3. The van der Waals surface area contributed by atoms with Crippen molar-refractivity contribution >= 4 is 28.8 Å². The van der Waals surface area contributed by atoms with E-state index in [1.807, 2.05) is 19.9 Å². The molecule has 1 heterocycles. The number of rotatable bonds is 2. The molecule has 0 aliphatic carbocycles. The highest BCUT2D eigenvalue weighted by Gasteiger charge is 2.03. The van der Waals surface area contributed by atoms with Crippen LogP contribution in [0.1, 0.15) is 11.5 Å². The molecule has 88 valence electrons. The molecule has 0 unspecified atom stereocenters. The van der Waals surface area contributed by atoms with E-state index in [0.717, 1.165) is 11.4 Å². The molecule has 3 N–H and O–H groups in total. The largest absolute Gasteiger partial charge is 0.399 e. The van der Waals surface area contributed by atoms with Crippen LogP contribution in [0, 0.1) is 13.8 Å². The number of nitrogens with one attached hydrogen (secondary N) is 1. The Morgan fingerprint density at radius 3 is 2.65 bits per heavy atom. The molecule has 4 nitrogen and oxygen atoms in total. The Morgan fingerprint density at radius 1 is 1.18 bits per heavy atom. The number of nitrogens with zero attached hydrogens (tertiary/aromatic N) is 2. The summed E-state index contributed by atoms with van der Waals surface area (Å²) in [6, 6.07) is 7.13. The molecule has 17 heavy (non-hydrogen) atoms. The van der Waals surface area contributed by atoms with Gasteiger partial charge in [-0.05, 0) is 32.0 Å². The van der Waals surface area contributed by atoms with Gasteiger partial charge in [0.05, 0.1) is 10.7 Å². The molecule has 0 fully saturated rings. The van der Waals surface area contributed by atoms with Crippen LogP contribution in [0.5, 0.6) is 0 Å². The zero-order valence-corrected chi connectivity index (χ0v) is 10.4. The summed E-state index contributed by atoms with van der Waals surface area (Å²) >= 11 is 6.06. The van der Waals surface area contributed by atoms with Crippen molar-refractivity contribution in [1.82, 2.24) is 9.97 Å². The molecule has 2 aromatic rings. The fourth-order valence-electron chi connectivity index (χ4n) is 1.56. The average molecular weight is 249 g/mol. The molecular weight excluding hydrogens is 236 g/mol. The molecule has 0 radical (unpaired) electrons. The van der Waals surface area contributed by atoms with Crippen molar-refractivity contribution in [2.24, 2.45) is 0 Å². The minimum atomic E-state index is 0.605. The summed E-state index contributed by atoms with van der Waals surface area (Å²) in [6.07, 6.45) is 0. The highest BCUT2D eigenvalue weighted by atomic mass is 35.5. The van der Waals surface area contributed by atoms with E-state index in [4.69, 9.17) is 17.3 Å². The highest BCUT2D eigenvalue weighted by Crippen LogP contribution is 2.26. The van der Waals surface area contributed by atoms with Crippen LogP contribution < -0.4 is 11.1 Å². The second-order valence-corrected chi connectivity index (χ2v) is 4.21. The van der Waals surface area contributed by atoms with Gasteiger partial charge in [0.15, 0.2) is 0 Å². The Hall–Kier alpha value is -1.81. The quantitative estimate of drug-likeness (QED) is 0.802. The molecule has 2 rings (SSSR count). The summed E-state index contributed by atoms with van der Waals surface area (Å²) in [4.78, 5) is 8.49. The van der Waals surface area contributed by atoms with Gasteiger partial charge < -0.3 is 11.1 Å². The Labute approximate surface area is 105 Å². The van der Waals surface area contributed by atoms with Crippen molar-refractivity contribution in [1.29, 1.82) is 0 Å². The maximum atomic E-state index is 6.06. The van der Waals surface area contributed by atoms with Crippen molar-refractivity contribution in [3.05, 3.63) is 40.8 Å².